The van der Waals surface area contributed by atoms with Gasteiger partial charge in [0, 0.05) is 17.7 Å². The third-order valence-corrected chi connectivity index (χ3v) is 6.96. The Labute approximate surface area is 217 Å². The molecule has 3 aromatic carbocycles. The zero-order chi connectivity index (χ0) is 26.3. The average Bonchev–Trinajstić information content (AvgIpc) is 3.39. The molecule has 2 heterocycles. The number of hydrogen-bond acceptors (Lipinski definition) is 5. The topological polar surface area (TPSA) is 76.1 Å². The van der Waals surface area contributed by atoms with Crippen LogP contribution in [0.25, 0.3) is 5.76 Å². The zero-order valence-electron chi connectivity index (χ0n) is 21.5. The van der Waals surface area contributed by atoms with Gasteiger partial charge in [-0.25, -0.2) is 0 Å². The summed E-state index contributed by atoms with van der Waals surface area (Å²) < 4.78 is 11.3. The summed E-state index contributed by atoms with van der Waals surface area (Å²) in [5.41, 5.74) is 3.98. The molecule has 0 bridgehead atoms. The van der Waals surface area contributed by atoms with Crippen molar-refractivity contribution in [2.45, 2.75) is 52.2 Å². The Morgan fingerprint density at radius 1 is 1.05 bits per heavy atom. The van der Waals surface area contributed by atoms with E-state index in [0.717, 1.165) is 28.9 Å². The van der Waals surface area contributed by atoms with E-state index in [4.69, 9.17) is 9.47 Å². The van der Waals surface area contributed by atoms with Crippen molar-refractivity contribution >= 4 is 23.1 Å². The Kier molecular flexibility index (Phi) is 6.50. The molecule has 0 radical (unpaired) electrons. The zero-order valence-corrected chi connectivity index (χ0v) is 21.5. The lowest BCUT2D eigenvalue weighted by molar-refractivity contribution is -0.132. The van der Waals surface area contributed by atoms with Crippen molar-refractivity contribution < 1.29 is 24.2 Å². The minimum absolute atomic E-state index is 0.0529. The first-order valence-corrected chi connectivity index (χ1v) is 12.7. The number of rotatable bonds is 6. The second-order valence-electron chi connectivity index (χ2n) is 9.87. The number of ketones is 1. The summed E-state index contributed by atoms with van der Waals surface area (Å²) in [7, 11) is 0. The summed E-state index contributed by atoms with van der Waals surface area (Å²) in [4.78, 5) is 28.4. The summed E-state index contributed by atoms with van der Waals surface area (Å²) in [5.74, 6) is 0.209. The van der Waals surface area contributed by atoms with Gasteiger partial charge >= 0.3 is 0 Å². The summed E-state index contributed by atoms with van der Waals surface area (Å²) in [6.45, 7) is 8.64. The number of ether oxygens (including phenoxy) is 2. The standard InChI is InChI=1S/C31H31NO5/c1-5-36-25-13-11-24(12-14-25)32-28(21-8-6-20(7-9-21)18(2)3)27(30(34)31(32)35)29(33)22-10-15-26-23(17-22)16-19(4)37-26/h6-15,17-19,28,33H,5,16H2,1-4H3/b29-27-. The van der Waals surface area contributed by atoms with E-state index >= 15 is 0 Å². The molecule has 1 saturated heterocycles. The molecule has 0 aliphatic carbocycles. The number of Topliss-reactive ketones (excluding diaryl/α,β-unsaturated/α-hetero) is 1. The number of carbonyl (C=O) groups is 2. The number of fused-ring (bicyclic) bond motifs is 1. The quantitative estimate of drug-likeness (QED) is 0.251. The van der Waals surface area contributed by atoms with Crippen molar-refractivity contribution in [3.8, 4) is 11.5 Å². The molecule has 2 atom stereocenters. The van der Waals surface area contributed by atoms with Crippen LogP contribution >= 0.6 is 0 Å². The van der Waals surface area contributed by atoms with Crippen LogP contribution in [0.15, 0.2) is 72.3 Å². The Hall–Kier alpha value is -4.06. The first-order valence-electron chi connectivity index (χ1n) is 12.7. The molecule has 37 heavy (non-hydrogen) atoms. The van der Waals surface area contributed by atoms with Crippen molar-refractivity contribution in [2.75, 3.05) is 11.5 Å². The molecule has 6 heteroatoms. The lowest BCUT2D eigenvalue weighted by Crippen LogP contribution is -2.29. The van der Waals surface area contributed by atoms with Crippen molar-refractivity contribution in [2.24, 2.45) is 0 Å². The van der Waals surface area contributed by atoms with Gasteiger partial charge in [-0.3, -0.25) is 14.5 Å². The van der Waals surface area contributed by atoms with Crippen LogP contribution in [0.5, 0.6) is 11.5 Å². The SMILES string of the molecule is CCOc1ccc(N2C(=O)C(=O)/C(=C(\O)c3ccc4c(c3)CC(C)O4)C2c2ccc(C(C)C)cc2)cc1. The van der Waals surface area contributed by atoms with Gasteiger partial charge in [0.15, 0.2) is 0 Å². The minimum Gasteiger partial charge on any atom is -0.507 e. The van der Waals surface area contributed by atoms with Gasteiger partial charge in [0.25, 0.3) is 11.7 Å². The molecule has 2 aliphatic rings. The van der Waals surface area contributed by atoms with Crippen LogP contribution in [-0.2, 0) is 16.0 Å². The average molecular weight is 498 g/mol. The van der Waals surface area contributed by atoms with Gasteiger partial charge in [-0.1, -0.05) is 38.1 Å². The maximum absolute atomic E-state index is 13.5. The van der Waals surface area contributed by atoms with Gasteiger partial charge in [0.2, 0.25) is 0 Å². The highest BCUT2D eigenvalue weighted by Gasteiger charge is 2.47. The summed E-state index contributed by atoms with van der Waals surface area (Å²) in [6.07, 6.45) is 0.772. The number of carbonyl (C=O) groups excluding carboxylic acids is 2. The van der Waals surface area contributed by atoms with Crippen LogP contribution in [0, 0.1) is 0 Å². The largest absolute Gasteiger partial charge is 0.507 e. The predicted molar refractivity (Wildman–Crippen MR) is 143 cm³/mol. The fourth-order valence-corrected chi connectivity index (χ4v) is 5.07. The van der Waals surface area contributed by atoms with E-state index in [-0.39, 0.29) is 17.4 Å². The summed E-state index contributed by atoms with van der Waals surface area (Å²) in [6, 6.07) is 19.6. The van der Waals surface area contributed by atoms with Gasteiger partial charge in [-0.05, 0) is 78.9 Å². The molecule has 1 amide bonds. The maximum Gasteiger partial charge on any atom is 0.300 e. The van der Waals surface area contributed by atoms with E-state index in [1.165, 1.54) is 4.90 Å². The number of benzene rings is 3. The molecule has 0 spiro atoms. The van der Waals surface area contributed by atoms with Gasteiger partial charge in [0.05, 0.1) is 18.2 Å². The normalized spacial score (nSPS) is 20.3. The predicted octanol–water partition coefficient (Wildman–Crippen LogP) is 6.16. The number of nitrogens with zero attached hydrogens (tertiary/aromatic N) is 1. The lowest BCUT2D eigenvalue weighted by Gasteiger charge is -2.26. The molecule has 0 saturated carbocycles. The highest BCUT2D eigenvalue weighted by atomic mass is 16.5. The monoisotopic (exact) mass is 497 g/mol. The smallest absolute Gasteiger partial charge is 0.300 e. The van der Waals surface area contributed by atoms with Crippen LogP contribution < -0.4 is 14.4 Å². The second-order valence-corrected chi connectivity index (χ2v) is 9.87. The van der Waals surface area contributed by atoms with Crippen LogP contribution in [-0.4, -0.2) is 29.5 Å². The molecule has 2 unspecified atom stereocenters. The molecular weight excluding hydrogens is 466 g/mol. The number of aliphatic hydroxyl groups is 1. The summed E-state index contributed by atoms with van der Waals surface area (Å²) >= 11 is 0. The fourth-order valence-electron chi connectivity index (χ4n) is 5.07. The number of aliphatic hydroxyl groups excluding tert-OH is 1. The molecule has 3 aromatic rings. The molecule has 6 nitrogen and oxygen atoms in total. The highest BCUT2D eigenvalue weighted by Crippen LogP contribution is 2.43. The third-order valence-electron chi connectivity index (χ3n) is 6.96. The van der Waals surface area contributed by atoms with Crippen molar-refractivity contribution in [1.29, 1.82) is 0 Å². The van der Waals surface area contributed by atoms with Crippen LogP contribution in [0.3, 0.4) is 0 Å². The Morgan fingerprint density at radius 2 is 1.76 bits per heavy atom. The molecule has 1 N–H and O–H groups in total. The minimum atomic E-state index is -0.775. The van der Waals surface area contributed by atoms with Crippen molar-refractivity contribution in [1.82, 2.24) is 0 Å². The van der Waals surface area contributed by atoms with E-state index in [2.05, 4.69) is 13.8 Å². The number of amides is 1. The van der Waals surface area contributed by atoms with Crippen LogP contribution in [0.1, 0.15) is 61.9 Å². The summed E-state index contributed by atoms with van der Waals surface area (Å²) in [5, 5.41) is 11.5. The van der Waals surface area contributed by atoms with E-state index < -0.39 is 17.7 Å². The maximum atomic E-state index is 13.5. The molecular formula is C31H31NO5. The van der Waals surface area contributed by atoms with Gasteiger partial charge in [-0.2, -0.15) is 0 Å². The molecule has 1 fully saturated rings. The molecule has 190 valence electrons. The van der Waals surface area contributed by atoms with E-state index in [1.54, 1.807) is 30.3 Å². The molecule has 2 aliphatic heterocycles. The highest BCUT2D eigenvalue weighted by molar-refractivity contribution is 6.51. The first kappa shape index (κ1) is 24.6. The van der Waals surface area contributed by atoms with Gasteiger partial charge in [-0.15, -0.1) is 0 Å². The Morgan fingerprint density at radius 3 is 2.41 bits per heavy atom. The van der Waals surface area contributed by atoms with Crippen LogP contribution in [0.2, 0.25) is 0 Å². The second kappa shape index (κ2) is 9.77. The van der Waals surface area contributed by atoms with Crippen LogP contribution in [0.4, 0.5) is 5.69 Å². The Balaban J connectivity index is 1.64. The molecule has 0 aromatic heterocycles. The van der Waals surface area contributed by atoms with Crippen molar-refractivity contribution in [3.05, 3.63) is 94.6 Å². The van der Waals surface area contributed by atoms with Gasteiger partial charge in [0.1, 0.15) is 23.4 Å². The fraction of sp³-hybridized carbons (Fsp3) is 0.290. The van der Waals surface area contributed by atoms with Gasteiger partial charge < -0.3 is 14.6 Å². The van der Waals surface area contributed by atoms with E-state index in [0.29, 0.717) is 29.5 Å². The van der Waals surface area contributed by atoms with E-state index in [9.17, 15) is 14.7 Å². The first-order chi connectivity index (χ1) is 17.8. The number of hydrogen-bond donors (Lipinski definition) is 1. The third kappa shape index (κ3) is 4.48. The van der Waals surface area contributed by atoms with E-state index in [1.807, 2.05) is 50.2 Å². The molecule has 5 rings (SSSR count). The Bertz CT molecular complexity index is 1370. The van der Waals surface area contributed by atoms with Crippen molar-refractivity contribution in [3.63, 3.8) is 0 Å². The lowest BCUT2D eigenvalue weighted by atomic mass is 9.92. The number of anilines is 1.